The molecule has 24 heavy (non-hydrogen) atoms. The average Bonchev–Trinajstić information content (AvgIpc) is 3.00. The summed E-state index contributed by atoms with van der Waals surface area (Å²) in [5.74, 6) is -0.490. The number of hydrogen-bond donors (Lipinski definition) is 1. The minimum atomic E-state index is -2.73. The van der Waals surface area contributed by atoms with Gasteiger partial charge in [-0.05, 0) is 44.7 Å². The van der Waals surface area contributed by atoms with Gasteiger partial charge in [0.25, 0.3) is 12.3 Å². The van der Waals surface area contributed by atoms with Crippen molar-refractivity contribution in [1.82, 2.24) is 25.1 Å². The van der Waals surface area contributed by atoms with Gasteiger partial charge in [-0.3, -0.25) is 9.48 Å². The van der Waals surface area contributed by atoms with Gasteiger partial charge in [0.15, 0.2) is 0 Å². The van der Waals surface area contributed by atoms with Crippen LogP contribution in [0.15, 0.2) is 18.6 Å². The van der Waals surface area contributed by atoms with Gasteiger partial charge < -0.3 is 5.32 Å². The van der Waals surface area contributed by atoms with Crippen LogP contribution in [0.3, 0.4) is 0 Å². The number of fused-ring (bicyclic) bond motifs is 1. The van der Waals surface area contributed by atoms with Gasteiger partial charge in [0.2, 0.25) is 0 Å². The van der Waals surface area contributed by atoms with Crippen LogP contribution in [0.25, 0.3) is 0 Å². The summed E-state index contributed by atoms with van der Waals surface area (Å²) in [4.78, 5) is 19.6. The normalized spacial score (nSPS) is 17.2. The number of hydrogen-bond acceptors (Lipinski definition) is 4. The molecule has 1 unspecified atom stereocenters. The number of carbonyl (C=O) groups excluding carboxylic acids is 1. The number of aromatic nitrogens is 4. The van der Waals surface area contributed by atoms with E-state index in [4.69, 9.17) is 0 Å². The van der Waals surface area contributed by atoms with Crippen molar-refractivity contribution in [2.45, 2.75) is 51.6 Å². The molecule has 3 rings (SSSR count). The highest BCUT2D eigenvalue weighted by atomic mass is 19.3. The van der Waals surface area contributed by atoms with E-state index in [1.807, 2.05) is 24.7 Å². The molecule has 1 N–H and O–H groups in total. The predicted octanol–water partition coefficient (Wildman–Crippen LogP) is 3.00. The highest BCUT2D eigenvalue weighted by molar-refractivity contribution is 5.92. The van der Waals surface area contributed by atoms with Gasteiger partial charge in [0, 0.05) is 12.2 Å². The second-order valence-electron chi connectivity index (χ2n) is 6.16. The third kappa shape index (κ3) is 3.27. The molecule has 2 heterocycles. The maximum absolute atomic E-state index is 12.7. The van der Waals surface area contributed by atoms with Crippen LogP contribution in [0.1, 0.15) is 72.6 Å². The number of rotatable bonds is 4. The number of halogens is 2. The summed E-state index contributed by atoms with van der Waals surface area (Å²) in [6.07, 6.45) is 2.89. The summed E-state index contributed by atoms with van der Waals surface area (Å²) in [5, 5.41) is 7.43. The Morgan fingerprint density at radius 2 is 2.17 bits per heavy atom. The van der Waals surface area contributed by atoms with E-state index in [2.05, 4.69) is 20.4 Å². The zero-order valence-corrected chi connectivity index (χ0v) is 13.5. The van der Waals surface area contributed by atoms with Crippen LogP contribution >= 0.6 is 0 Å². The lowest BCUT2D eigenvalue weighted by molar-refractivity contribution is 0.0925. The first kappa shape index (κ1) is 16.5. The van der Waals surface area contributed by atoms with Crippen molar-refractivity contribution in [3.63, 3.8) is 0 Å². The third-order valence-corrected chi connectivity index (χ3v) is 4.09. The lowest BCUT2D eigenvalue weighted by atomic mass is 9.93. The maximum Gasteiger partial charge on any atom is 0.280 e. The maximum atomic E-state index is 12.7. The molecule has 1 aliphatic rings. The molecule has 1 atom stereocenters. The fourth-order valence-electron chi connectivity index (χ4n) is 2.82. The minimum Gasteiger partial charge on any atom is -0.342 e. The molecular formula is C16H19F2N5O. The van der Waals surface area contributed by atoms with Crippen molar-refractivity contribution in [3.8, 4) is 0 Å². The van der Waals surface area contributed by atoms with Crippen molar-refractivity contribution in [1.29, 1.82) is 0 Å². The monoisotopic (exact) mass is 335 g/mol. The molecule has 0 spiro atoms. The number of amides is 1. The summed E-state index contributed by atoms with van der Waals surface area (Å²) >= 11 is 0. The first-order valence-corrected chi connectivity index (χ1v) is 7.94. The van der Waals surface area contributed by atoms with Gasteiger partial charge in [-0.1, -0.05) is 0 Å². The zero-order valence-electron chi connectivity index (χ0n) is 13.5. The van der Waals surface area contributed by atoms with Gasteiger partial charge in [-0.2, -0.15) is 5.10 Å². The minimum absolute atomic E-state index is 0.0595. The molecule has 0 radical (unpaired) electrons. The van der Waals surface area contributed by atoms with Crippen LogP contribution in [0.5, 0.6) is 0 Å². The first-order chi connectivity index (χ1) is 11.5. The second kappa shape index (κ2) is 6.62. The Labute approximate surface area is 138 Å². The SMILES string of the molecule is CC(C)n1cc2c(n1)C(NC(=O)c1cc(C(F)F)ncn1)CCC2. The Morgan fingerprint density at radius 3 is 2.88 bits per heavy atom. The molecule has 0 aromatic carbocycles. The average molecular weight is 335 g/mol. The Balaban J connectivity index is 1.80. The number of nitrogens with one attached hydrogen (secondary N) is 1. The Bertz CT molecular complexity index is 744. The molecule has 0 saturated carbocycles. The highest BCUT2D eigenvalue weighted by Crippen LogP contribution is 2.29. The molecule has 1 amide bonds. The number of carbonyl (C=O) groups is 1. The van der Waals surface area contributed by atoms with E-state index in [9.17, 15) is 13.6 Å². The molecule has 0 bridgehead atoms. The van der Waals surface area contributed by atoms with E-state index in [1.165, 1.54) is 0 Å². The molecule has 1 aliphatic carbocycles. The molecule has 0 fully saturated rings. The van der Waals surface area contributed by atoms with Crippen molar-refractivity contribution in [2.75, 3.05) is 0 Å². The molecule has 6 nitrogen and oxygen atoms in total. The third-order valence-electron chi connectivity index (χ3n) is 4.09. The van der Waals surface area contributed by atoms with Crippen LogP contribution in [0, 0.1) is 0 Å². The van der Waals surface area contributed by atoms with Crippen molar-refractivity contribution in [2.24, 2.45) is 0 Å². The van der Waals surface area contributed by atoms with Crippen molar-refractivity contribution < 1.29 is 13.6 Å². The topological polar surface area (TPSA) is 72.7 Å². The van der Waals surface area contributed by atoms with E-state index in [1.54, 1.807) is 0 Å². The van der Waals surface area contributed by atoms with Gasteiger partial charge in [-0.15, -0.1) is 0 Å². The number of alkyl halides is 2. The highest BCUT2D eigenvalue weighted by Gasteiger charge is 2.26. The van der Waals surface area contributed by atoms with E-state index in [-0.39, 0.29) is 17.8 Å². The van der Waals surface area contributed by atoms with E-state index < -0.39 is 18.0 Å². The molecule has 2 aromatic heterocycles. The van der Waals surface area contributed by atoms with E-state index >= 15 is 0 Å². The molecule has 2 aromatic rings. The quantitative estimate of drug-likeness (QED) is 0.932. The van der Waals surface area contributed by atoms with Gasteiger partial charge in [-0.25, -0.2) is 18.7 Å². The summed E-state index contributed by atoms with van der Waals surface area (Å²) < 4.78 is 27.3. The molecule has 0 saturated heterocycles. The number of nitrogens with zero attached hydrogens (tertiary/aromatic N) is 4. The Kier molecular flexibility index (Phi) is 4.55. The van der Waals surface area contributed by atoms with Crippen LogP contribution in [0.4, 0.5) is 8.78 Å². The first-order valence-electron chi connectivity index (χ1n) is 7.94. The molecule has 8 heteroatoms. The van der Waals surface area contributed by atoms with Gasteiger partial charge in [0.1, 0.15) is 17.7 Å². The lowest BCUT2D eigenvalue weighted by Gasteiger charge is -2.22. The largest absolute Gasteiger partial charge is 0.342 e. The van der Waals surface area contributed by atoms with Gasteiger partial charge >= 0.3 is 0 Å². The molecule has 0 aliphatic heterocycles. The van der Waals surface area contributed by atoms with Crippen molar-refractivity contribution >= 4 is 5.91 Å². The zero-order chi connectivity index (χ0) is 17.3. The fraction of sp³-hybridized carbons (Fsp3) is 0.500. The van der Waals surface area contributed by atoms with E-state index in [0.29, 0.717) is 0 Å². The summed E-state index contributed by atoms with van der Waals surface area (Å²) in [5.41, 5.74) is 1.46. The number of aryl methyl sites for hydroxylation is 1. The molecule has 128 valence electrons. The Hall–Kier alpha value is -2.38. The van der Waals surface area contributed by atoms with Crippen LogP contribution in [-0.4, -0.2) is 25.7 Å². The smallest absolute Gasteiger partial charge is 0.280 e. The summed E-state index contributed by atoms with van der Waals surface area (Å²) in [6, 6.07) is 1.03. The fourth-order valence-corrected chi connectivity index (χ4v) is 2.82. The van der Waals surface area contributed by atoms with E-state index in [0.717, 1.165) is 42.9 Å². The predicted molar refractivity (Wildman–Crippen MR) is 82.7 cm³/mol. The Morgan fingerprint density at radius 1 is 1.38 bits per heavy atom. The van der Waals surface area contributed by atoms with Crippen LogP contribution in [0.2, 0.25) is 0 Å². The second-order valence-corrected chi connectivity index (χ2v) is 6.16. The van der Waals surface area contributed by atoms with Crippen LogP contribution < -0.4 is 5.32 Å². The van der Waals surface area contributed by atoms with Crippen molar-refractivity contribution in [3.05, 3.63) is 41.2 Å². The lowest BCUT2D eigenvalue weighted by Crippen LogP contribution is -2.31. The summed E-state index contributed by atoms with van der Waals surface area (Å²) in [6.45, 7) is 4.08. The molecular weight excluding hydrogens is 316 g/mol. The van der Waals surface area contributed by atoms with Gasteiger partial charge in [0.05, 0.1) is 11.7 Å². The summed E-state index contributed by atoms with van der Waals surface area (Å²) in [7, 11) is 0. The van der Waals surface area contributed by atoms with Crippen LogP contribution in [-0.2, 0) is 6.42 Å². The standard InChI is InChI=1S/C16H19F2N5O/c1-9(2)23-7-10-4-3-5-11(14(10)22-23)21-16(24)13-6-12(15(17)18)19-8-20-13/h6-9,11,15H,3-5H2,1-2H3,(H,21,24).